The molecule has 0 aromatic rings. The number of isocyanates is 1. The summed E-state index contributed by atoms with van der Waals surface area (Å²) >= 11 is 0. The molecule has 2 nitrogen and oxygen atoms in total. The molecule has 0 aliphatic heterocycles. The zero-order valence-corrected chi connectivity index (χ0v) is 9.68. The quantitative estimate of drug-likeness (QED) is 0.478. The van der Waals surface area contributed by atoms with Crippen molar-refractivity contribution in [3.05, 3.63) is 0 Å². The summed E-state index contributed by atoms with van der Waals surface area (Å²) in [6.07, 6.45) is 9.29. The van der Waals surface area contributed by atoms with Crippen LogP contribution in [0.5, 0.6) is 0 Å². The topological polar surface area (TPSA) is 29.4 Å². The first-order valence-corrected chi connectivity index (χ1v) is 6.06. The third kappa shape index (κ3) is 1.31. The normalized spacial score (nSPS) is 56.5. The summed E-state index contributed by atoms with van der Waals surface area (Å²) in [5.74, 6) is 0.813. The third-order valence-electron chi connectivity index (χ3n) is 4.88. The van der Waals surface area contributed by atoms with Crippen molar-refractivity contribution < 1.29 is 4.79 Å². The molecule has 15 heavy (non-hydrogen) atoms. The van der Waals surface area contributed by atoms with Gasteiger partial charge in [-0.05, 0) is 55.3 Å². The maximum atomic E-state index is 10.6. The lowest BCUT2D eigenvalue weighted by atomic mass is 9.43. The Balaban J connectivity index is 2.05. The van der Waals surface area contributed by atoms with E-state index in [4.69, 9.17) is 0 Å². The lowest BCUT2D eigenvalue weighted by Crippen LogP contribution is -2.57. The van der Waals surface area contributed by atoms with Crippen LogP contribution in [0.2, 0.25) is 0 Å². The molecule has 4 atom stereocenters. The van der Waals surface area contributed by atoms with E-state index >= 15 is 0 Å². The van der Waals surface area contributed by atoms with Gasteiger partial charge in [0.1, 0.15) is 0 Å². The first-order valence-electron chi connectivity index (χ1n) is 6.06. The Labute approximate surface area is 91.2 Å². The van der Waals surface area contributed by atoms with Gasteiger partial charge in [-0.15, -0.1) is 0 Å². The summed E-state index contributed by atoms with van der Waals surface area (Å²) < 4.78 is 0. The smallest absolute Gasteiger partial charge is 0.211 e. The predicted octanol–water partition coefficient (Wildman–Crippen LogP) is 3.07. The van der Waals surface area contributed by atoms with Crippen molar-refractivity contribution in [1.82, 2.24) is 0 Å². The van der Waals surface area contributed by atoms with Crippen LogP contribution in [-0.2, 0) is 4.79 Å². The Kier molecular flexibility index (Phi) is 1.63. The molecule has 4 saturated carbocycles. The van der Waals surface area contributed by atoms with E-state index in [-0.39, 0.29) is 5.54 Å². The minimum atomic E-state index is -0.0231. The maximum absolute atomic E-state index is 10.6. The molecule has 4 bridgehead atoms. The summed E-state index contributed by atoms with van der Waals surface area (Å²) in [5, 5.41) is 0. The van der Waals surface area contributed by atoms with Crippen LogP contribution >= 0.6 is 0 Å². The highest BCUT2D eigenvalue weighted by molar-refractivity contribution is 5.36. The molecule has 0 amide bonds. The molecule has 2 heteroatoms. The first kappa shape index (κ1) is 9.59. The molecule has 0 saturated heterocycles. The number of hydrogen-bond donors (Lipinski definition) is 0. The van der Waals surface area contributed by atoms with Crippen molar-refractivity contribution in [1.29, 1.82) is 0 Å². The van der Waals surface area contributed by atoms with E-state index in [1.54, 1.807) is 0 Å². The van der Waals surface area contributed by atoms with E-state index in [1.165, 1.54) is 19.3 Å². The molecule has 4 aliphatic rings. The van der Waals surface area contributed by atoms with Crippen LogP contribution in [0.3, 0.4) is 0 Å². The standard InChI is InChI=1S/C13H19NO/c1-11-3-10-4-12(2,6-11)8-13(5-10,7-11)14-9-15/h10H,3-8H2,1-2H3/t10?,11-,12+,13?. The summed E-state index contributed by atoms with van der Waals surface area (Å²) in [4.78, 5) is 14.8. The van der Waals surface area contributed by atoms with E-state index in [0.717, 1.165) is 25.2 Å². The Morgan fingerprint density at radius 1 is 1.07 bits per heavy atom. The molecule has 4 rings (SSSR count). The highest BCUT2D eigenvalue weighted by atomic mass is 16.1. The van der Waals surface area contributed by atoms with Gasteiger partial charge in [-0.2, -0.15) is 4.99 Å². The van der Waals surface area contributed by atoms with E-state index < -0.39 is 0 Å². The van der Waals surface area contributed by atoms with Crippen LogP contribution < -0.4 is 0 Å². The van der Waals surface area contributed by atoms with Crippen molar-refractivity contribution in [3.8, 4) is 0 Å². The SMILES string of the molecule is C[C@]12CC3CC(N=C=O)(C1)C[C@@](C)(C3)C2. The highest BCUT2D eigenvalue weighted by Gasteiger charge is 2.60. The minimum Gasteiger partial charge on any atom is -0.211 e. The number of hydrogen-bond acceptors (Lipinski definition) is 2. The number of aliphatic imine (C=N–C) groups is 1. The molecule has 0 N–H and O–H groups in total. The van der Waals surface area contributed by atoms with Crippen molar-refractivity contribution in [3.63, 3.8) is 0 Å². The molecule has 0 aromatic heterocycles. The van der Waals surface area contributed by atoms with Crippen LogP contribution in [0.15, 0.2) is 4.99 Å². The molecule has 4 aliphatic carbocycles. The molecule has 2 unspecified atom stereocenters. The molecule has 0 heterocycles. The van der Waals surface area contributed by atoms with Gasteiger partial charge in [0.05, 0.1) is 5.54 Å². The van der Waals surface area contributed by atoms with Crippen molar-refractivity contribution in [2.75, 3.05) is 0 Å². The molecule has 82 valence electrons. The van der Waals surface area contributed by atoms with Gasteiger partial charge in [0.25, 0.3) is 0 Å². The van der Waals surface area contributed by atoms with Crippen molar-refractivity contribution in [2.24, 2.45) is 21.7 Å². The fourth-order valence-corrected chi connectivity index (χ4v) is 5.61. The summed E-state index contributed by atoms with van der Waals surface area (Å²) in [7, 11) is 0. The van der Waals surface area contributed by atoms with Crippen LogP contribution in [0.1, 0.15) is 52.4 Å². The average Bonchev–Trinajstić information content (AvgIpc) is 1.94. The van der Waals surface area contributed by atoms with Crippen molar-refractivity contribution in [2.45, 2.75) is 57.9 Å². The predicted molar refractivity (Wildman–Crippen MR) is 58.3 cm³/mol. The largest absolute Gasteiger partial charge is 0.235 e. The van der Waals surface area contributed by atoms with Gasteiger partial charge in [0.2, 0.25) is 6.08 Å². The molecular weight excluding hydrogens is 186 g/mol. The number of nitrogens with zero attached hydrogens (tertiary/aromatic N) is 1. The Hall–Kier alpha value is -0.620. The maximum Gasteiger partial charge on any atom is 0.235 e. The Bertz CT molecular complexity index is 338. The highest BCUT2D eigenvalue weighted by Crippen LogP contribution is 2.67. The summed E-state index contributed by atoms with van der Waals surface area (Å²) in [6.45, 7) is 4.79. The second-order valence-electron chi connectivity index (χ2n) is 7.06. The zero-order valence-electron chi connectivity index (χ0n) is 9.68. The summed E-state index contributed by atoms with van der Waals surface area (Å²) in [6, 6.07) is 0. The van der Waals surface area contributed by atoms with Crippen LogP contribution in [0, 0.1) is 16.7 Å². The molecule has 0 spiro atoms. The van der Waals surface area contributed by atoms with Crippen molar-refractivity contribution >= 4 is 6.08 Å². The van der Waals surface area contributed by atoms with E-state index in [2.05, 4.69) is 18.8 Å². The lowest BCUT2D eigenvalue weighted by Gasteiger charge is -2.63. The molecule has 4 fully saturated rings. The van der Waals surface area contributed by atoms with Gasteiger partial charge in [-0.25, -0.2) is 4.79 Å². The van der Waals surface area contributed by atoms with E-state index in [9.17, 15) is 4.79 Å². The lowest BCUT2D eigenvalue weighted by molar-refractivity contribution is -0.103. The van der Waals surface area contributed by atoms with Crippen LogP contribution in [0.4, 0.5) is 0 Å². The van der Waals surface area contributed by atoms with E-state index in [0.29, 0.717) is 10.8 Å². The zero-order chi connectivity index (χ0) is 10.7. The van der Waals surface area contributed by atoms with Gasteiger partial charge < -0.3 is 0 Å². The first-order chi connectivity index (χ1) is 6.97. The van der Waals surface area contributed by atoms with Gasteiger partial charge in [-0.1, -0.05) is 13.8 Å². The van der Waals surface area contributed by atoms with Crippen LogP contribution in [-0.4, -0.2) is 11.6 Å². The molecular formula is C13H19NO. The second kappa shape index (κ2) is 2.55. The Morgan fingerprint density at radius 2 is 1.67 bits per heavy atom. The monoisotopic (exact) mass is 205 g/mol. The Morgan fingerprint density at radius 3 is 2.13 bits per heavy atom. The number of carbonyl (C=O) groups excluding carboxylic acids is 1. The van der Waals surface area contributed by atoms with Crippen LogP contribution in [0.25, 0.3) is 0 Å². The van der Waals surface area contributed by atoms with Gasteiger partial charge in [-0.3, -0.25) is 0 Å². The van der Waals surface area contributed by atoms with E-state index in [1.807, 2.05) is 6.08 Å². The number of rotatable bonds is 1. The van der Waals surface area contributed by atoms with Gasteiger partial charge >= 0.3 is 0 Å². The van der Waals surface area contributed by atoms with Gasteiger partial charge in [0, 0.05) is 0 Å². The fraction of sp³-hybridized carbons (Fsp3) is 0.923. The molecule has 0 radical (unpaired) electrons. The fourth-order valence-electron chi connectivity index (χ4n) is 5.61. The van der Waals surface area contributed by atoms with Gasteiger partial charge in [0.15, 0.2) is 0 Å². The summed E-state index contributed by atoms with van der Waals surface area (Å²) in [5.41, 5.74) is 0.883. The third-order valence-corrected chi connectivity index (χ3v) is 4.88. The minimum absolute atomic E-state index is 0.0231. The molecule has 0 aromatic carbocycles. The second-order valence-corrected chi connectivity index (χ2v) is 7.06. The average molecular weight is 205 g/mol.